The molecule has 0 aromatic carbocycles. The Morgan fingerprint density at radius 2 is 1.17 bits per heavy atom. The molecule has 0 aliphatic carbocycles. The van der Waals surface area contributed by atoms with E-state index < -0.39 is 0 Å². The van der Waals surface area contributed by atoms with Crippen molar-refractivity contribution in [3.05, 3.63) is 0 Å². The zero-order valence-electron chi connectivity index (χ0n) is 4.65. The molecule has 0 bridgehead atoms. The molecular formula is C3H11AlNSi. The average Bonchev–Trinajstić information content (AvgIpc) is 1.41. The normalized spacial score (nSPS) is 6.83. The lowest BCUT2D eigenvalue weighted by Crippen LogP contribution is -1.84. The van der Waals surface area contributed by atoms with E-state index in [9.17, 15) is 0 Å². The number of hydrogen-bond acceptors (Lipinski definition) is 1. The maximum Gasteiger partial charge on any atom is 0.247 e. The highest BCUT2D eigenvalue weighted by atomic mass is 28.3. The van der Waals surface area contributed by atoms with Gasteiger partial charge in [0.05, 0.1) is 0 Å². The lowest BCUT2D eigenvalue weighted by molar-refractivity contribution is 1.91. The highest BCUT2D eigenvalue weighted by molar-refractivity contribution is 6.54. The first-order chi connectivity index (χ1) is 2.73. The minimum Gasteiger partial charge on any atom is -0.428 e. The van der Waals surface area contributed by atoms with Gasteiger partial charge in [-0.25, -0.2) is 0 Å². The molecule has 0 saturated carbocycles. The van der Waals surface area contributed by atoms with Gasteiger partial charge in [-0.15, -0.1) is 0 Å². The van der Waals surface area contributed by atoms with Crippen LogP contribution in [0.2, 0.25) is 19.6 Å². The Bertz CT molecular complexity index is 15.5. The van der Waals surface area contributed by atoms with Crippen molar-refractivity contribution in [2.75, 3.05) is 0 Å². The smallest absolute Gasteiger partial charge is 0.247 e. The van der Waals surface area contributed by atoms with Crippen molar-refractivity contribution in [2.45, 2.75) is 19.6 Å². The molecule has 6 heavy (non-hydrogen) atoms. The molecular weight excluding hydrogens is 105 g/mol. The molecule has 0 aromatic heterocycles. The van der Waals surface area contributed by atoms with E-state index in [0.717, 1.165) is 0 Å². The molecule has 0 spiro atoms. The fourth-order valence-corrected chi connectivity index (χ4v) is 0. The summed E-state index contributed by atoms with van der Waals surface area (Å²) in [5.41, 5.74) is 0. The van der Waals surface area contributed by atoms with Gasteiger partial charge in [0, 0.05) is 8.80 Å². The third-order valence-electron chi connectivity index (χ3n) is 0. The molecule has 0 unspecified atom stereocenters. The summed E-state index contributed by atoms with van der Waals surface area (Å²) in [4.78, 5) is 0. The van der Waals surface area contributed by atoms with Gasteiger partial charge in [0.1, 0.15) is 0 Å². The van der Waals surface area contributed by atoms with E-state index in [1.807, 2.05) is 16.5 Å². The first kappa shape index (κ1) is 9.86. The van der Waals surface area contributed by atoms with Crippen molar-refractivity contribution < 1.29 is 0 Å². The van der Waals surface area contributed by atoms with E-state index in [1.54, 1.807) is 0 Å². The van der Waals surface area contributed by atoms with Crippen LogP contribution in [0.1, 0.15) is 0 Å². The Morgan fingerprint density at radius 3 is 1.17 bits per heavy atom. The topological polar surface area (TPSA) is 26.0 Å². The van der Waals surface area contributed by atoms with E-state index in [4.69, 9.17) is 0 Å². The zero-order valence-corrected chi connectivity index (χ0v) is 6.81. The highest BCUT2D eigenvalue weighted by Crippen LogP contribution is 1.68. The van der Waals surface area contributed by atoms with E-state index in [2.05, 4.69) is 24.4 Å². The molecule has 0 aliphatic heterocycles. The summed E-state index contributed by atoms with van der Waals surface area (Å²) in [6, 6.07) is 0. The Kier molecular flexibility index (Phi) is 15.1. The predicted octanol–water partition coefficient (Wildman–Crippen LogP) is 0.399. The lowest BCUT2D eigenvalue weighted by atomic mass is 11.8. The third kappa shape index (κ3) is 129. The summed E-state index contributed by atoms with van der Waals surface area (Å²) in [7, 11) is 0.120. The molecule has 0 heterocycles. The minimum absolute atomic E-state index is 0.120. The van der Waals surface area contributed by atoms with E-state index in [1.165, 1.54) is 0 Å². The SMILES string of the molecule is C[Si](C)C.[NH2][Al]. The second-order valence-corrected chi connectivity index (χ2v) is 4.50. The maximum absolute atomic E-state index is 4.42. The molecule has 0 fully saturated rings. The lowest BCUT2D eigenvalue weighted by Gasteiger charge is -1.75. The van der Waals surface area contributed by atoms with Gasteiger partial charge in [0.2, 0.25) is 16.5 Å². The van der Waals surface area contributed by atoms with E-state index in [-0.39, 0.29) is 8.80 Å². The zero-order chi connectivity index (χ0) is 5.58. The maximum atomic E-state index is 4.42. The van der Waals surface area contributed by atoms with Crippen LogP contribution in [0.5, 0.6) is 0 Å². The van der Waals surface area contributed by atoms with Gasteiger partial charge >= 0.3 is 0 Å². The average molecular weight is 116 g/mol. The number of nitrogens with two attached hydrogens (primary N) is 1. The van der Waals surface area contributed by atoms with Crippen LogP contribution in [-0.2, 0) is 0 Å². The van der Waals surface area contributed by atoms with Crippen molar-refractivity contribution >= 4 is 25.3 Å². The molecule has 35 valence electrons. The van der Waals surface area contributed by atoms with Crippen LogP contribution in [0.15, 0.2) is 0 Å². The van der Waals surface area contributed by atoms with Crippen LogP contribution in [0.4, 0.5) is 0 Å². The van der Waals surface area contributed by atoms with Crippen molar-refractivity contribution in [3.8, 4) is 0 Å². The van der Waals surface area contributed by atoms with Crippen LogP contribution in [0, 0.1) is 0 Å². The molecule has 3 heteroatoms. The van der Waals surface area contributed by atoms with Crippen molar-refractivity contribution in [2.24, 2.45) is 4.72 Å². The molecule has 0 rings (SSSR count). The van der Waals surface area contributed by atoms with Crippen molar-refractivity contribution in [1.29, 1.82) is 0 Å². The van der Waals surface area contributed by atoms with E-state index in [0.29, 0.717) is 0 Å². The van der Waals surface area contributed by atoms with Gasteiger partial charge in [-0.05, 0) is 0 Å². The van der Waals surface area contributed by atoms with E-state index >= 15 is 0 Å². The molecule has 2 N–H and O–H groups in total. The predicted molar refractivity (Wildman–Crippen MR) is 33.3 cm³/mol. The summed E-state index contributed by atoms with van der Waals surface area (Å²) in [5.74, 6) is 0. The minimum atomic E-state index is 0.120. The summed E-state index contributed by atoms with van der Waals surface area (Å²) >= 11 is 1.92. The van der Waals surface area contributed by atoms with Gasteiger partial charge in [-0.3, -0.25) is 0 Å². The quantitative estimate of drug-likeness (QED) is 0.455. The fourth-order valence-electron chi connectivity index (χ4n) is 0. The Labute approximate surface area is 50.2 Å². The van der Waals surface area contributed by atoms with Gasteiger partial charge < -0.3 is 4.72 Å². The van der Waals surface area contributed by atoms with Crippen LogP contribution < -0.4 is 4.72 Å². The standard InChI is InChI=1S/C3H9Si.Al.H2N/c1-4(2)3;;/h1-3H3;;1H2/q;+1;-1. The fraction of sp³-hybridized carbons (Fsp3) is 1.00. The molecule has 0 atom stereocenters. The molecule has 0 aromatic rings. The summed E-state index contributed by atoms with van der Waals surface area (Å²) < 4.78 is 4.42. The van der Waals surface area contributed by atoms with Gasteiger partial charge in [-0.1, -0.05) is 19.6 Å². The second-order valence-electron chi connectivity index (χ2n) is 1.50. The Morgan fingerprint density at radius 1 is 1.17 bits per heavy atom. The van der Waals surface area contributed by atoms with Crippen LogP contribution in [0.3, 0.4) is 0 Å². The molecule has 0 aliphatic rings. The highest BCUT2D eigenvalue weighted by Gasteiger charge is 1.72. The monoisotopic (exact) mass is 116 g/mol. The first-order valence-electron chi connectivity index (χ1n) is 1.83. The largest absolute Gasteiger partial charge is 0.428 e. The Balaban J connectivity index is 0. The third-order valence-corrected chi connectivity index (χ3v) is 0. The summed E-state index contributed by atoms with van der Waals surface area (Å²) in [5, 5.41) is 0. The molecule has 0 saturated heterocycles. The summed E-state index contributed by atoms with van der Waals surface area (Å²) in [6.07, 6.45) is 0. The Hall–Kier alpha value is 0.709. The molecule has 1 nitrogen and oxygen atoms in total. The van der Waals surface area contributed by atoms with Crippen molar-refractivity contribution in [3.63, 3.8) is 0 Å². The van der Waals surface area contributed by atoms with Crippen LogP contribution in [-0.4, -0.2) is 25.3 Å². The van der Waals surface area contributed by atoms with Crippen LogP contribution >= 0.6 is 0 Å². The number of hydrogen-bond donors (Lipinski definition) is 1. The van der Waals surface area contributed by atoms with Gasteiger partial charge in [0.15, 0.2) is 0 Å². The van der Waals surface area contributed by atoms with Crippen molar-refractivity contribution in [1.82, 2.24) is 0 Å². The molecule has 0 amide bonds. The van der Waals surface area contributed by atoms with Crippen LogP contribution in [0.25, 0.3) is 0 Å². The second kappa shape index (κ2) is 9.20. The first-order valence-corrected chi connectivity index (χ1v) is 5.50. The summed E-state index contributed by atoms with van der Waals surface area (Å²) in [6.45, 7) is 6.81. The van der Waals surface area contributed by atoms with Gasteiger partial charge in [-0.2, -0.15) is 0 Å². The molecule has 3 radical (unpaired) electrons. The number of rotatable bonds is 0. The van der Waals surface area contributed by atoms with Gasteiger partial charge in [0.25, 0.3) is 0 Å².